The highest BCUT2D eigenvalue weighted by Gasteiger charge is 2.38. The van der Waals surface area contributed by atoms with E-state index < -0.39 is 6.10 Å². The Labute approximate surface area is 229 Å². The number of aliphatic hydroxyl groups excluding tert-OH is 1. The molecule has 4 aromatic carbocycles. The summed E-state index contributed by atoms with van der Waals surface area (Å²) in [6, 6.07) is 29.7. The highest BCUT2D eigenvalue weighted by Crippen LogP contribution is 2.39. The van der Waals surface area contributed by atoms with Crippen molar-refractivity contribution in [2.45, 2.75) is 52.4 Å². The minimum atomic E-state index is -0.462. The lowest BCUT2D eigenvalue weighted by atomic mass is 9.93. The van der Waals surface area contributed by atoms with Gasteiger partial charge in [-0.2, -0.15) is 0 Å². The average molecular weight is 532 g/mol. The molecule has 1 saturated heterocycles. The van der Waals surface area contributed by atoms with Gasteiger partial charge in [0, 0.05) is 5.69 Å². The van der Waals surface area contributed by atoms with E-state index in [1.807, 2.05) is 75.4 Å². The highest BCUT2D eigenvalue weighted by molar-refractivity contribution is 6.01. The fraction of sp³-hybridized carbons (Fsp3) is 0.242. The first kappa shape index (κ1) is 29.5. The maximum absolute atomic E-state index is 13.1. The molecular weight excluding hydrogens is 496 g/mol. The van der Waals surface area contributed by atoms with Crippen LogP contribution < -0.4 is 9.64 Å². The lowest BCUT2D eigenvalue weighted by Gasteiger charge is -2.40. The molecule has 39 heavy (non-hydrogen) atoms. The van der Waals surface area contributed by atoms with E-state index in [2.05, 4.69) is 0 Å². The Morgan fingerprint density at radius 2 is 1.41 bits per heavy atom. The number of aliphatic hydroxyl groups is 1. The first-order chi connectivity index (χ1) is 18.9. The van der Waals surface area contributed by atoms with Gasteiger partial charge in [0.1, 0.15) is 24.0 Å². The monoisotopic (exact) mass is 531 g/mol. The molecule has 2 unspecified atom stereocenters. The Balaban J connectivity index is 0.000000272. The summed E-state index contributed by atoms with van der Waals surface area (Å²) in [7, 11) is 0. The Morgan fingerprint density at radius 1 is 0.846 bits per heavy atom. The Bertz CT molecular complexity index is 1280. The number of ether oxygens (including phenoxy) is 1. The largest absolute Gasteiger partial charge is 0.489 e. The third kappa shape index (κ3) is 8.23. The van der Waals surface area contributed by atoms with Crippen molar-refractivity contribution in [1.82, 2.24) is 0 Å². The maximum Gasteiger partial charge on any atom is 0.230 e. The number of rotatable bonds is 7. The molecule has 0 aliphatic carbocycles. The van der Waals surface area contributed by atoms with Gasteiger partial charge in [0.25, 0.3) is 0 Å². The van der Waals surface area contributed by atoms with Crippen molar-refractivity contribution in [3.05, 3.63) is 131 Å². The molecule has 2 atom stereocenters. The third-order valence-corrected chi connectivity index (χ3v) is 6.21. The molecule has 0 spiro atoms. The van der Waals surface area contributed by atoms with Crippen molar-refractivity contribution in [3.8, 4) is 5.75 Å². The number of carbonyl (C=O) groups is 1. The number of halogens is 2. The lowest BCUT2D eigenvalue weighted by molar-refractivity contribution is -0.124. The molecule has 0 aromatic heterocycles. The van der Waals surface area contributed by atoms with E-state index in [0.29, 0.717) is 19.4 Å². The third-order valence-electron chi connectivity index (χ3n) is 6.21. The summed E-state index contributed by atoms with van der Waals surface area (Å²) in [6.07, 6.45) is 0.656. The molecule has 4 aromatic rings. The van der Waals surface area contributed by atoms with Crippen molar-refractivity contribution in [2.75, 3.05) is 4.90 Å². The van der Waals surface area contributed by atoms with E-state index in [1.165, 1.54) is 24.3 Å². The quantitative estimate of drug-likeness (QED) is 0.245. The molecule has 6 heteroatoms. The number of hydrogen-bond donors (Lipinski definition) is 1. The molecular formula is C33H35F2NO3. The number of β-lactam (4-membered cyclic amide) rings is 1. The number of amides is 1. The minimum absolute atomic E-state index is 0.0175. The van der Waals surface area contributed by atoms with Gasteiger partial charge in [0.05, 0.1) is 18.6 Å². The fourth-order valence-electron chi connectivity index (χ4n) is 4.06. The molecule has 0 bridgehead atoms. The Hall–Kier alpha value is -4.03. The van der Waals surface area contributed by atoms with Crippen LogP contribution in [0.5, 0.6) is 5.75 Å². The molecule has 0 saturated carbocycles. The van der Waals surface area contributed by atoms with Crippen LogP contribution in [0, 0.1) is 11.6 Å². The maximum atomic E-state index is 13.1. The van der Waals surface area contributed by atoms with E-state index in [0.717, 1.165) is 28.1 Å². The van der Waals surface area contributed by atoms with Crippen LogP contribution in [-0.4, -0.2) is 11.0 Å². The van der Waals surface area contributed by atoms with Gasteiger partial charge in [0.15, 0.2) is 0 Å². The number of benzene rings is 4. The highest BCUT2D eigenvalue weighted by atomic mass is 19.1. The van der Waals surface area contributed by atoms with Crippen LogP contribution >= 0.6 is 0 Å². The topological polar surface area (TPSA) is 49.8 Å². The molecule has 4 nitrogen and oxygen atoms in total. The Morgan fingerprint density at radius 3 is 1.95 bits per heavy atom. The predicted octanol–water partition coefficient (Wildman–Crippen LogP) is 8.18. The molecule has 5 rings (SSSR count). The molecule has 1 N–H and O–H groups in total. The van der Waals surface area contributed by atoms with Crippen LogP contribution in [0.1, 0.15) is 62.4 Å². The standard InChI is InChI=1S/C22H18FNO2.C9H11FO.C2H6/c23-18-8-10-19(11-9-18)24-21(14-22(24)25)17-6-12-20(13-7-17)26-15-16-4-2-1-3-5-16;1-2-9(11)7-3-5-8(10)6-4-7;1-2/h1-13,21H,14-15H2;3-6,9,11H,2H2,1H3;1-2H3. The van der Waals surface area contributed by atoms with Gasteiger partial charge < -0.3 is 14.7 Å². The fourth-order valence-corrected chi connectivity index (χ4v) is 4.06. The smallest absolute Gasteiger partial charge is 0.230 e. The van der Waals surface area contributed by atoms with Gasteiger partial charge in [-0.3, -0.25) is 4.79 Å². The zero-order valence-electron chi connectivity index (χ0n) is 22.6. The molecule has 1 aliphatic rings. The Kier molecular flexibility index (Phi) is 11.2. The van der Waals surface area contributed by atoms with E-state index in [1.54, 1.807) is 29.2 Å². The minimum Gasteiger partial charge on any atom is -0.489 e. The number of carbonyl (C=O) groups excluding carboxylic acids is 1. The van der Waals surface area contributed by atoms with Crippen LogP contribution in [0.2, 0.25) is 0 Å². The van der Waals surface area contributed by atoms with Crippen LogP contribution in [-0.2, 0) is 11.4 Å². The van der Waals surface area contributed by atoms with Gasteiger partial charge in [-0.1, -0.05) is 75.4 Å². The molecule has 204 valence electrons. The van der Waals surface area contributed by atoms with Gasteiger partial charge in [-0.15, -0.1) is 0 Å². The zero-order chi connectivity index (χ0) is 28.2. The van der Waals surface area contributed by atoms with Gasteiger partial charge in [-0.05, 0) is 71.6 Å². The van der Waals surface area contributed by atoms with Crippen LogP contribution in [0.15, 0.2) is 103 Å². The van der Waals surface area contributed by atoms with Gasteiger partial charge >= 0.3 is 0 Å². The second-order valence-electron chi connectivity index (χ2n) is 8.78. The van der Waals surface area contributed by atoms with Crippen LogP contribution in [0.3, 0.4) is 0 Å². The van der Waals surface area contributed by atoms with Gasteiger partial charge in [0.2, 0.25) is 5.91 Å². The second-order valence-corrected chi connectivity index (χ2v) is 8.78. The number of nitrogens with zero attached hydrogens (tertiary/aromatic N) is 1. The van der Waals surface area contributed by atoms with Crippen molar-refractivity contribution >= 4 is 11.6 Å². The summed E-state index contributed by atoms with van der Waals surface area (Å²) >= 11 is 0. The summed E-state index contributed by atoms with van der Waals surface area (Å²) in [4.78, 5) is 13.7. The number of anilines is 1. The second kappa shape index (κ2) is 14.8. The van der Waals surface area contributed by atoms with Crippen molar-refractivity contribution < 1.29 is 23.4 Å². The van der Waals surface area contributed by atoms with Crippen molar-refractivity contribution in [1.29, 1.82) is 0 Å². The SMILES string of the molecule is CC.CCC(O)c1ccc(F)cc1.O=C1CC(c2ccc(OCc3ccccc3)cc2)N1c1ccc(F)cc1. The average Bonchev–Trinajstić information content (AvgIpc) is 2.98. The summed E-state index contributed by atoms with van der Waals surface area (Å²) in [5, 5.41) is 9.30. The van der Waals surface area contributed by atoms with E-state index in [-0.39, 0.29) is 23.6 Å². The number of hydrogen-bond acceptors (Lipinski definition) is 3. The van der Waals surface area contributed by atoms with Crippen molar-refractivity contribution in [2.24, 2.45) is 0 Å². The first-order valence-corrected chi connectivity index (χ1v) is 13.2. The summed E-state index contributed by atoms with van der Waals surface area (Å²) in [6.45, 7) is 6.40. The zero-order valence-corrected chi connectivity index (χ0v) is 22.6. The lowest BCUT2D eigenvalue weighted by Crippen LogP contribution is -2.46. The van der Waals surface area contributed by atoms with Crippen molar-refractivity contribution in [3.63, 3.8) is 0 Å². The summed E-state index contributed by atoms with van der Waals surface area (Å²) in [5.74, 6) is 0.262. The van der Waals surface area contributed by atoms with Gasteiger partial charge in [-0.25, -0.2) is 8.78 Å². The predicted molar refractivity (Wildman–Crippen MR) is 151 cm³/mol. The molecule has 0 radical (unpaired) electrons. The normalized spacial score (nSPS) is 14.7. The van der Waals surface area contributed by atoms with Crippen LogP contribution in [0.25, 0.3) is 0 Å². The molecule has 1 aliphatic heterocycles. The summed E-state index contributed by atoms with van der Waals surface area (Å²) in [5.41, 5.74) is 3.65. The molecule has 1 amide bonds. The first-order valence-electron chi connectivity index (χ1n) is 13.2. The van der Waals surface area contributed by atoms with E-state index in [4.69, 9.17) is 4.74 Å². The molecule has 1 heterocycles. The van der Waals surface area contributed by atoms with E-state index in [9.17, 15) is 18.7 Å². The van der Waals surface area contributed by atoms with Crippen LogP contribution in [0.4, 0.5) is 14.5 Å². The summed E-state index contributed by atoms with van der Waals surface area (Å²) < 4.78 is 31.3. The molecule has 1 fully saturated rings. The van der Waals surface area contributed by atoms with E-state index >= 15 is 0 Å².